The molecule has 1 unspecified atom stereocenters. The number of nitrogens with one attached hydrogen (secondary N) is 1. The van der Waals surface area contributed by atoms with Gasteiger partial charge in [0.1, 0.15) is 30.3 Å². The monoisotopic (exact) mass is 624 g/mol. The summed E-state index contributed by atoms with van der Waals surface area (Å²) in [6.07, 6.45) is 0.220. The minimum Gasteiger partial charge on any atom is -0.444 e. The summed E-state index contributed by atoms with van der Waals surface area (Å²) in [5.41, 5.74) is 2.39. The molecule has 218 valence electrons. The number of rotatable bonds is 5. The van der Waals surface area contributed by atoms with Gasteiger partial charge in [-0.3, -0.25) is 9.36 Å². The Morgan fingerprint density at radius 1 is 1.26 bits per heavy atom. The van der Waals surface area contributed by atoms with Gasteiger partial charge in [0.2, 0.25) is 5.53 Å². The summed E-state index contributed by atoms with van der Waals surface area (Å²) in [6, 6.07) is 12.3. The number of nitrogens with zero attached hydrogens (tertiary/aromatic N) is 3. The van der Waals surface area contributed by atoms with Gasteiger partial charge in [0.15, 0.2) is 5.58 Å². The van der Waals surface area contributed by atoms with Crippen LogP contribution in [-0.2, 0) is 22.9 Å². The van der Waals surface area contributed by atoms with Crippen LogP contribution in [-0.4, -0.2) is 72.7 Å². The number of nitriles is 1. The molecule has 0 spiro atoms. The first-order valence-corrected chi connectivity index (χ1v) is 18.0. The lowest BCUT2D eigenvalue weighted by Crippen LogP contribution is -2.54. The Bertz CT molecular complexity index is 1700. The summed E-state index contributed by atoms with van der Waals surface area (Å²) in [5, 5.41) is 12.5. The number of oxazole rings is 1. The van der Waals surface area contributed by atoms with Gasteiger partial charge in [-0.2, -0.15) is 5.26 Å². The highest BCUT2D eigenvalue weighted by atomic mass is 32.2. The summed E-state index contributed by atoms with van der Waals surface area (Å²) in [6.45, 7) is 5.79. The van der Waals surface area contributed by atoms with Crippen LogP contribution in [0, 0.1) is 17.1 Å². The van der Waals surface area contributed by atoms with Crippen molar-refractivity contribution < 1.29 is 27.9 Å². The molecule has 2 aromatic carbocycles. The summed E-state index contributed by atoms with van der Waals surface area (Å²) in [4.78, 5) is 38.4. The lowest BCUT2D eigenvalue weighted by atomic mass is 9.97. The quantitative estimate of drug-likeness (QED) is 0.335. The molecule has 1 aromatic heterocycles. The summed E-state index contributed by atoms with van der Waals surface area (Å²) in [7, 11) is -1.40. The van der Waals surface area contributed by atoms with Crippen LogP contribution in [0.3, 0.4) is 0 Å². The predicted molar refractivity (Wildman–Crippen MR) is 158 cm³/mol. The molecular weight excluding hydrogens is 596 g/mol. The van der Waals surface area contributed by atoms with E-state index < -0.39 is 51.1 Å². The number of amides is 2. The van der Waals surface area contributed by atoms with E-state index in [2.05, 4.69) is 11.4 Å². The van der Waals surface area contributed by atoms with Gasteiger partial charge in [0.05, 0.1) is 18.2 Å². The standard InChI is InChI=1S/C28H29FN4O6SSi2/c1-27(2,3)39-26(36)33-22-12-37-14-41(22)15-42(33)24(34)31-23-28(13-30,40-23)11-18-6-5-16(9-19(18)29)17-7-8-21-20(10-17)32(4)25(35)38-21/h5-10,22-23H,11-12,14-15H2,1-4H3,(H,31,34)/t22-,23?,28+/m1/s1. The Kier molecular flexibility index (Phi) is 7.12. The molecule has 2 amide bonds. The van der Waals surface area contributed by atoms with Gasteiger partial charge in [-0.15, -0.1) is 11.8 Å². The van der Waals surface area contributed by atoms with Crippen molar-refractivity contribution in [1.29, 1.82) is 5.26 Å². The van der Waals surface area contributed by atoms with Crippen LogP contribution in [0.2, 0.25) is 5.67 Å². The molecular formula is C28H29FN4O6SSi2. The Morgan fingerprint density at radius 3 is 2.71 bits per heavy atom. The van der Waals surface area contributed by atoms with E-state index in [4.69, 9.17) is 13.9 Å². The third kappa shape index (κ3) is 5.19. The lowest BCUT2D eigenvalue weighted by Gasteiger charge is -2.30. The van der Waals surface area contributed by atoms with E-state index in [1.807, 2.05) is 0 Å². The van der Waals surface area contributed by atoms with Gasteiger partial charge in [-0.05, 0) is 61.3 Å². The van der Waals surface area contributed by atoms with Crippen molar-refractivity contribution in [2.24, 2.45) is 7.05 Å². The van der Waals surface area contributed by atoms with Crippen LogP contribution in [0.25, 0.3) is 22.2 Å². The molecule has 42 heavy (non-hydrogen) atoms. The average molecular weight is 625 g/mol. The number of halogens is 1. The average Bonchev–Trinajstić information content (AvgIpc) is 3.20. The second-order valence-electron chi connectivity index (χ2n) is 11.7. The zero-order valence-corrected chi connectivity index (χ0v) is 26.3. The number of carbonyl (C=O) groups excluding carboxylic acids is 2. The lowest BCUT2D eigenvalue weighted by molar-refractivity contribution is 0.0340. The van der Waals surface area contributed by atoms with E-state index in [1.165, 1.54) is 22.4 Å². The second-order valence-corrected chi connectivity index (χ2v) is 18.7. The van der Waals surface area contributed by atoms with Gasteiger partial charge in [-0.1, -0.05) is 18.2 Å². The maximum absolute atomic E-state index is 15.3. The fourth-order valence-corrected chi connectivity index (χ4v) is 14.6. The number of hydrogen-bond donors (Lipinski definition) is 1. The second kappa shape index (κ2) is 10.4. The highest BCUT2D eigenvalue weighted by Crippen LogP contribution is 2.54. The van der Waals surface area contributed by atoms with Gasteiger partial charge in [-0.25, -0.2) is 14.0 Å². The molecule has 3 saturated heterocycles. The molecule has 1 N–H and O–H groups in total. The van der Waals surface area contributed by atoms with Crippen molar-refractivity contribution in [2.75, 3.05) is 12.8 Å². The molecule has 0 bridgehead atoms. The van der Waals surface area contributed by atoms with E-state index in [0.29, 0.717) is 40.7 Å². The summed E-state index contributed by atoms with van der Waals surface area (Å²) >= 11 is 1.28. The van der Waals surface area contributed by atoms with Gasteiger partial charge < -0.3 is 23.8 Å². The van der Waals surface area contributed by atoms with Crippen LogP contribution in [0.1, 0.15) is 26.3 Å². The first-order valence-electron chi connectivity index (χ1n) is 13.5. The summed E-state index contributed by atoms with van der Waals surface area (Å²) in [5.74, 6) is -0.934. The zero-order valence-electron chi connectivity index (χ0n) is 23.5. The maximum Gasteiger partial charge on any atom is 0.419 e. The first kappa shape index (κ1) is 28.7. The number of hydrogen-bond acceptors (Lipinski definition) is 8. The largest absolute Gasteiger partial charge is 0.444 e. The molecule has 14 heteroatoms. The van der Waals surface area contributed by atoms with Crippen LogP contribution in [0.15, 0.2) is 45.6 Å². The van der Waals surface area contributed by atoms with Crippen LogP contribution in [0.4, 0.5) is 14.0 Å². The van der Waals surface area contributed by atoms with Crippen molar-refractivity contribution >= 4 is 52.2 Å². The predicted octanol–water partition coefficient (Wildman–Crippen LogP) is 3.86. The van der Waals surface area contributed by atoms with E-state index in [0.717, 1.165) is 5.56 Å². The molecule has 3 aliphatic heterocycles. The van der Waals surface area contributed by atoms with E-state index >= 15 is 4.39 Å². The van der Waals surface area contributed by atoms with Gasteiger partial charge in [0, 0.05) is 25.4 Å². The highest BCUT2D eigenvalue weighted by Gasteiger charge is 2.60. The number of thioether (sulfide) groups is 1. The van der Waals surface area contributed by atoms with Crippen LogP contribution < -0.4 is 11.1 Å². The molecule has 4 heterocycles. The number of fused-ring (bicyclic) bond motifs is 2. The number of ether oxygens (including phenoxy) is 2. The minimum absolute atomic E-state index is 0.0937. The molecule has 3 aliphatic rings. The Balaban J connectivity index is 1.15. The minimum atomic E-state index is -1.95. The molecule has 6 rings (SSSR count). The van der Waals surface area contributed by atoms with E-state index in [1.54, 1.807) is 62.7 Å². The third-order valence-electron chi connectivity index (χ3n) is 7.66. The third-order valence-corrected chi connectivity index (χ3v) is 16.2. The van der Waals surface area contributed by atoms with Crippen molar-refractivity contribution in [3.63, 3.8) is 0 Å². The Morgan fingerprint density at radius 2 is 2.00 bits per heavy atom. The molecule has 3 fully saturated rings. The van der Waals surface area contributed by atoms with Crippen molar-refractivity contribution in [3.8, 4) is 17.2 Å². The van der Waals surface area contributed by atoms with Crippen molar-refractivity contribution in [3.05, 3.63) is 58.3 Å². The van der Waals surface area contributed by atoms with Gasteiger partial charge >= 0.3 is 11.8 Å². The number of aromatic nitrogens is 1. The normalized spacial score (nSPS) is 24.0. The number of carbonyl (C=O) groups is 2. The number of aryl methyl sites for hydroxylation is 1. The fourth-order valence-electron chi connectivity index (χ4n) is 5.41. The van der Waals surface area contributed by atoms with Crippen molar-refractivity contribution in [2.45, 2.75) is 54.2 Å². The zero-order chi connectivity index (χ0) is 30.0. The number of benzene rings is 2. The molecule has 3 aromatic rings. The molecule has 0 saturated carbocycles. The smallest absolute Gasteiger partial charge is 0.419 e. The van der Waals surface area contributed by atoms with Crippen LogP contribution in [0.5, 0.6) is 0 Å². The Labute approximate surface area is 249 Å². The molecule has 3 atom stereocenters. The van der Waals surface area contributed by atoms with Crippen molar-refractivity contribution in [1.82, 2.24) is 14.4 Å². The van der Waals surface area contributed by atoms with E-state index in [-0.39, 0.29) is 17.6 Å². The maximum atomic E-state index is 15.3. The fraction of sp³-hybridized carbons (Fsp3) is 0.429. The SMILES string of the molecule is Cn1c(=O)oc2ccc(-c3ccc(C[C@@]4(C#N)SC4NC(=O)[Si]4C[Si]5COC[C@@H]5N4C(=O)OC(C)(C)C)c(F)c3)cc21. The molecule has 10 nitrogen and oxygen atoms in total. The van der Waals surface area contributed by atoms with Gasteiger partial charge in [0.25, 0.3) is 8.96 Å². The topological polar surface area (TPSA) is 127 Å². The van der Waals surface area contributed by atoms with Crippen LogP contribution >= 0.6 is 11.8 Å². The Hall–Kier alpha value is -3.39. The highest BCUT2D eigenvalue weighted by molar-refractivity contribution is 8.09. The summed E-state index contributed by atoms with van der Waals surface area (Å²) < 4.78 is 33.8. The van der Waals surface area contributed by atoms with E-state index in [9.17, 15) is 19.6 Å². The molecule has 2 radical (unpaired) electrons. The first-order chi connectivity index (χ1) is 19.9. The molecule has 0 aliphatic carbocycles.